The largest absolute Gasteiger partial charge is 0.240 e. The molecule has 0 aliphatic heterocycles. The molecule has 6 heteroatoms. The molecule has 1 aromatic rings. The second kappa shape index (κ2) is 6.15. The highest BCUT2D eigenvalue weighted by Gasteiger charge is 2.18. The molecule has 1 aromatic carbocycles. The van der Waals surface area contributed by atoms with Crippen LogP contribution in [-0.2, 0) is 10.0 Å². The number of sulfonamides is 1. The Morgan fingerprint density at radius 2 is 1.89 bits per heavy atom. The molecular weight excluding hydrogens is 250 g/mol. The molecule has 18 heavy (non-hydrogen) atoms. The van der Waals surface area contributed by atoms with Crippen LogP contribution in [0.15, 0.2) is 29.2 Å². The van der Waals surface area contributed by atoms with Crippen LogP contribution in [0.25, 0.3) is 0 Å². The fourth-order valence-electron chi connectivity index (χ4n) is 1.38. The lowest BCUT2D eigenvalue weighted by atomic mass is 10.2. The molecule has 94 valence electrons. The molecule has 0 saturated carbocycles. The first kappa shape index (κ1) is 14.2. The molecule has 1 rings (SSSR count). The Hall–Kier alpha value is -1.89. The Balaban J connectivity index is 2.92. The first-order chi connectivity index (χ1) is 8.53. The van der Waals surface area contributed by atoms with Crippen molar-refractivity contribution < 1.29 is 8.42 Å². The lowest BCUT2D eigenvalue weighted by Crippen LogP contribution is -2.34. The van der Waals surface area contributed by atoms with Gasteiger partial charge >= 0.3 is 0 Å². The second-order valence-electron chi connectivity index (χ2n) is 3.72. The van der Waals surface area contributed by atoms with Gasteiger partial charge in [0.1, 0.15) is 0 Å². The zero-order valence-electron chi connectivity index (χ0n) is 9.92. The summed E-state index contributed by atoms with van der Waals surface area (Å²) >= 11 is 0. The minimum absolute atomic E-state index is 0.0953. The van der Waals surface area contributed by atoms with Gasteiger partial charge in [-0.3, -0.25) is 0 Å². The number of hydrogen-bond acceptors (Lipinski definition) is 4. The van der Waals surface area contributed by atoms with E-state index in [4.69, 9.17) is 10.5 Å². The molecule has 0 aliphatic carbocycles. The van der Waals surface area contributed by atoms with Crippen LogP contribution in [0.5, 0.6) is 0 Å². The Morgan fingerprint density at radius 1 is 1.28 bits per heavy atom. The Kier molecular flexibility index (Phi) is 4.85. The van der Waals surface area contributed by atoms with Gasteiger partial charge in [-0.15, -0.1) is 0 Å². The summed E-state index contributed by atoms with van der Waals surface area (Å²) in [7, 11) is -3.63. The molecule has 1 atom stereocenters. The predicted octanol–water partition coefficient (Wildman–Crippen LogP) is 1.53. The van der Waals surface area contributed by atoms with Gasteiger partial charge in [-0.25, -0.2) is 13.1 Å². The highest BCUT2D eigenvalue weighted by Crippen LogP contribution is 2.12. The van der Waals surface area contributed by atoms with Gasteiger partial charge < -0.3 is 0 Å². The summed E-state index contributed by atoms with van der Waals surface area (Å²) in [5.74, 6) is 0. The summed E-state index contributed by atoms with van der Waals surface area (Å²) in [6.45, 7) is 1.81. The molecule has 0 radical (unpaired) electrons. The van der Waals surface area contributed by atoms with E-state index in [2.05, 4.69) is 4.72 Å². The van der Waals surface area contributed by atoms with Crippen LogP contribution in [-0.4, -0.2) is 14.5 Å². The molecule has 0 saturated heterocycles. The van der Waals surface area contributed by atoms with Gasteiger partial charge in [0.15, 0.2) is 0 Å². The average molecular weight is 263 g/mol. The molecule has 0 amide bonds. The molecule has 0 aliphatic rings. The normalized spacial score (nSPS) is 12.4. The summed E-state index contributed by atoms with van der Waals surface area (Å²) in [5.41, 5.74) is 0.401. The molecule has 0 fully saturated rings. The minimum Gasteiger partial charge on any atom is -0.207 e. The van der Waals surface area contributed by atoms with E-state index in [-0.39, 0.29) is 11.3 Å². The fourth-order valence-corrected chi connectivity index (χ4v) is 2.69. The van der Waals surface area contributed by atoms with Crippen LogP contribution in [0, 0.1) is 22.7 Å². The Bertz CT molecular complexity index is 579. The Labute approximate surface area is 107 Å². The van der Waals surface area contributed by atoms with E-state index < -0.39 is 16.1 Å². The molecule has 1 unspecified atom stereocenters. The quantitative estimate of drug-likeness (QED) is 0.871. The maximum atomic E-state index is 12.0. The maximum Gasteiger partial charge on any atom is 0.240 e. The summed E-state index contributed by atoms with van der Waals surface area (Å²) in [6, 6.07) is 9.11. The third-order valence-electron chi connectivity index (χ3n) is 2.45. The molecule has 5 nitrogen and oxygen atoms in total. The second-order valence-corrected chi connectivity index (χ2v) is 5.44. The van der Waals surface area contributed by atoms with E-state index in [9.17, 15) is 8.42 Å². The number of hydrogen-bond donors (Lipinski definition) is 1. The molecule has 0 spiro atoms. The fraction of sp³-hybridized carbons (Fsp3) is 0.333. The highest BCUT2D eigenvalue weighted by molar-refractivity contribution is 7.89. The van der Waals surface area contributed by atoms with Crippen molar-refractivity contribution in [1.82, 2.24) is 4.72 Å². The smallest absolute Gasteiger partial charge is 0.207 e. The summed E-state index contributed by atoms with van der Waals surface area (Å²) in [6.07, 6.45) is 0.676. The van der Waals surface area contributed by atoms with Gasteiger partial charge in [-0.1, -0.05) is 6.92 Å². The maximum absolute atomic E-state index is 12.0. The highest BCUT2D eigenvalue weighted by atomic mass is 32.2. The Morgan fingerprint density at radius 3 is 2.33 bits per heavy atom. The van der Waals surface area contributed by atoms with Crippen molar-refractivity contribution >= 4 is 10.0 Å². The van der Waals surface area contributed by atoms with E-state index in [1.165, 1.54) is 24.3 Å². The number of nitrogens with one attached hydrogen (secondary N) is 1. The van der Waals surface area contributed by atoms with Gasteiger partial charge in [-0.2, -0.15) is 10.5 Å². The van der Waals surface area contributed by atoms with Gasteiger partial charge in [0.05, 0.1) is 29.0 Å². The van der Waals surface area contributed by atoms with Gasteiger partial charge in [0, 0.05) is 6.04 Å². The number of nitriles is 2. The first-order valence-electron chi connectivity index (χ1n) is 5.43. The first-order valence-corrected chi connectivity index (χ1v) is 6.91. The van der Waals surface area contributed by atoms with Crippen molar-refractivity contribution in [3.05, 3.63) is 29.8 Å². The van der Waals surface area contributed by atoms with Crippen LogP contribution in [0.4, 0.5) is 0 Å². The van der Waals surface area contributed by atoms with Crippen molar-refractivity contribution in [1.29, 1.82) is 10.5 Å². The van der Waals surface area contributed by atoms with E-state index in [1.807, 2.05) is 19.1 Å². The van der Waals surface area contributed by atoms with E-state index in [1.54, 1.807) is 0 Å². The number of nitrogens with zero attached hydrogens (tertiary/aromatic N) is 2. The summed E-state index contributed by atoms with van der Waals surface area (Å²) < 4.78 is 26.4. The molecule has 0 bridgehead atoms. The SMILES string of the molecule is CCC(CC#N)NS(=O)(=O)c1ccc(C#N)cc1. The number of rotatable bonds is 5. The van der Waals surface area contributed by atoms with Crippen molar-refractivity contribution in [2.75, 3.05) is 0 Å². The topological polar surface area (TPSA) is 93.8 Å². The van der Waals surface area contributed by atoms with E-state index in [0.29, 0.717) is 12.0 Å². The van der Waals surface area contributed by atoms with Gasteiger partial charge in [0.2, 0.25) is 10.0 Å². The van der Waals surface area contributed by atoms with Crippen molar-refractivity contribution in [3.8, 4) is 12.1 Å². The molecule has 0 aromatic heterocycles. The van der Waals surface area contributed by atoms with Gasteiger partial charge in [-0.05, 0) is 30.7 Å². The van der Waals surface area contributed by atoms with Gasteiger partial charge in [0.25, 0.3) is 0 Å². The molecule has 1 N–H and O–H groups in total. The third kappa shape index (κ3) is 3.56. The van der Waals surface area contributed by atoms with Crippen LogP contribution in [0.2, 0.25) is 0 Å². The average Bonchev–Trinajstić information content (AvgIpc) is 2.38. The van der Waals surface area contributed by atoms with Crippen LogP contribution >= 0.6 is 0 Å². The molecular formula is C12H13N3O2S. The monoisotopic (exact) mass is 263 g/mol. The van der Waals surface area contributed by atoms with Crippen molar-refractivity contribution in [2.24, 2.45) is 0 Å². The van der Waals surface area contributed by atoms with Crippen LogP contribution < -0.4 is 4.72 Å². The van der Waals surface area contributed by atoms with Crippen LogP contribution in [0.1, 0.15) is 25.3 Å². The zero-order valence-corrected chi connectivity index (χ0v) is 10.7. The summed E-state index contributed by atoms with van der Waals surface area (Å²) in [4.78, 5) is 0.0953. The molecule has 0 heterocycles. The van der Waals surface area contributed by atoms with Crippen LogP contribution in [0.3, 0.4) is 0 Å². The number of benzene rings is 1. The minimum atomic E-state index is -3.63. The van der Waals surface area contributed by atoms with E-state index >= 15 is 0 Å². The summed E-state index contributed by atoms with van der Waals surface area (Å²) in [5, 5.41) is 17.2. The third-order valence-corrected chi connectivity index (χ3v) is 3.98. The standard InChI is InChI=1S/C12H13N3O2S/c1-2-11(7-8-13)15-18(16,17)12-5-3-10(9-14)4-6-12/h3-6,11,15H,2,7H2,1H3. The van der Waals surface area contributed by atoms with E-state index in [0.717, 1.165) is 0 Å². The predicted molar refractivity (Wildman–Crippen MR) is 65.8 cm³/mol. The lowest BCUT2D eigenvalue weighted by Gasteiger charge is -2.13. The lowest BCUT2D eigenvalue weighted by molar-refractivity contribution is 0.543. The van der Waals surface area contributed by atoms with Crippen molar-refractivity contribution in [2.45, 2.75) is 30.7 Å². The zero-order chi connectivity index (χ0) is 13.6. The van der Waals surface area contributed by atoms with Crippen molar-refractivity contribution in [3.63, 3.8) is 0 Å².